The summed E-state index contributed by atoms with van der Waals surface area (Å²) in [5.41, 5.74) is 6.39. The van der Waals surface area contributed by atoms with Crippen LogP contribution in [-0.2, 0) is 4.79 Å². The van der Waals surface area contributed by atoms with Crippen molar-refractivity contribution in [2.75, 3.05) is 5.32 Å². The lowest BCUT2D eigenvalue weighted by molar-refractivity contribution is -0.120. The Kier molecular flexibility index (Phi) is 4.87. The van der Waals surface area contributed by atoms with Crippen LogP contribution in [0.25, 0.3) is 0 Å². The van der Waals surface area contributed by atoms with Crippen LogP contribution < -0.4 is 11.1 Å². The van der Waals surface area contributed by atoms with E-state index >= 15 is 0 Å². The maximum absolute atomic E-state index is 12.1. The summed E-state index contributed by atoms with van der Waals surface area (Å²) in [6, 6.07) is 7.19. The molecule has 0 spiro atoms. The van der Waals surface area contributed by atoms with Gasteiger partial charge in [-0.25, -0.2) is 0 Å². The van der Waals surface area contributed by atoms with Gasteiger partial charge in [0.15, 0.2) is 0 Å². The van der Waals surface area contributed by atoms with E-state index in [0.717, 1.165) is 6.42 Å². The smallest absolute Gasteiger partial charge is 0.244 e. The zero-order chi connectivity index (χ0) is 13.8. The molecule has 0 saturated heterocycles. The van der Waals surface area contributed by atoms with E-state index in [1.807, 2.05) is 19.1 Å². The average molecular weight is 250 g/mol. The first kappa shape index (κ1) is 14.7. The van der Waals surface area contributed by atoms with Crippen LogP contribution in [0.15, 0.2) is 24.3 Å². The molecule has 4 N–H and O–H groups in total. The molecule has 2 unspecified atom stereocenters. The van der Waals surface area contributed by atoms with Crippen molar-refractivity contribution in [2.24, 2.45) is 5.73 Å². The molecule has 0 aromatic heterocycles. The molecular weight excluding hydrogens is 228 g/mol. The number of rotatable bonds is 5. The highest BCUT2D eigenvalue weighted by Gasteiger charge is 2.27. The van der Waals surface area contributed by atoms with Gasteiger partial charge in [-0.3, -0.25) is 4.79 Å². The summed E-state index contributed by atoms with van der Waals surface area (Å²) in [6.07, 6.45) is 0.838. The fourth-order valence-corrected chi connectivity index (χ4v) is 1.87. The van der Waals surface area contributed by atoms with Crippen molar-refractivity contribution >= 4 is 11.6 Å². The van der Waals surface area contributed by atoms with Crippen molar-refractivity contribution in [2.45, 2.75) is 45.3 Å². The second-order valence-electron chi connectivity index (χ2n) is 4.88. The Morgan fingerprint density at radius 1 is 1.50 bits per heavy atom. The topological polar surface area (TPSA) is 75.4 Å². The van der Waals surface area contributed by atoms with Crippen LogP contribution in [0, 0.1) is 0 Å². The second kappa shape index (κ2) is 5.98. The summed E-state index contributed by atoms with van der Waals surface area (Å²) in [4.78, 5) is 12.1. The molecule has 0 fully saturated rings. The van der Waals surface area contributed by atoms with E-state index in [1.165, 1.54) is 0 Å². The molecule has 0 heterocycles. The number of carbonyl (C=O) groups is 1. The molecule has 0 radical (unpaired) electrons. The lowest BCUT2D eigenvalue weighted by Gasteiger charge is -2.24. The Labute approximate surface area is 108 Å². The number of nitrogens with one attached hydrogen (secondary N) is 1. The molecule has 2 atom stereocenters. The maximum atomic E-state index is 12.1. The van der Waals surface area contributed by atoms with Crippen LogP contribution in [0.5, 0.6) is 0 Å². The van der Waals surface area contributed by atoms with Crippen LogP contribution in [-0.4, -0.2) is 16.6 Å². The minimum Gasteiger partial charge on any atom is -0.389 e. The first-order valence-electron chi connectivity index (χ1n) is 6.26. The van der Waals surface area contributed by atoms with Crippen molar-refractivity contribution < 1.29 is 9.90 Å². The lowest BCUT2D eigenvalue weighted by Crippen LogP contribution is -2.48. The van der Waals surface area contributed by atoms with Crippen molar-refractivity contribution in [3.05, 3.63) is 29.8 Å². The summed E-state index contributed by atoms with van der Waals surface area (Å²) in [7, 11) is 0. The molecule has 0 saturated carbocycles. The monoisotopic (exact) mass is 250 g/mol. The molecule has 1 aromatic rings. The molecule has 1 aromatic carbocycles. The fourth-order valence-electron chi connectivity index (χ4n) is 1.87. The Bertz CT molecular complexity index is 414. The number of aliphatic hydroxyl groups excluding tert-OH is 1. The third kappa shape index (κ3) is 3.55. The van der Waals surface area contributed by atoms with Gasteiger partial charge in [0.2, 0.25) is 5.91 Å². The Hall–Kier alpha value is -1.39. The van der Waals surface area contributed by atoms with Gasteiger partial charge in [-0.1, -0.05) is 31.5 Å². The van der Waals surface area contributed by atoms with Crippen LogP contribution in [0.1, 0.15) is 45.3 Å². The third-order valence-electron chi connectivity index (χ3n) is 2.95. The summed E-state index contributed by atoms with van der Waals surface area (Å²) < 4.78 is 0. The molecule has 100 valence electrons. The van der Waals surface area contributed by atoms with Crippen molar-refractivity contribution in [3.63, 3.8) is 0 Å². The number of para-hydroxylation sites is 1. The van der Waals surface area contributed by atoms with Gasteiger partial charge < -0.3 is 16.2 Å². The van der Waals surface area contributed by atoms with Gasteiger partial charge in [-0.05, 0) is 26.3 Å². The highest BCUT2D eigenvalue weighted by molar-refractivity contribution is 5.98. The number of amides is 1. The predicted octanol–water partition coefficient (Wildman–Crippen LogP) is 2.20. The second-order valence-corrected chi connectivity index (χ2v) is 4.88. The number of carbonyl (C=O) groups excluding carboxylic acids is 1. The van der Waals surface area contributed by atoms with Gasteiger partial charge in [0.1, 0.15) is 0 Å². The van der Waals surface area contributed by atoms with E-state index in [4.69, 9.17) is 5.73 Å². The average Bonchev–Trinajstić information content (AvgIpc) is 2.29. The molecule has 0 aliphatic rings. The number of aliphatic hydroxyl groups is 1. The van der Waals surface area contributed by atoms with Crippen LogP contribution >= 0.6 is 0 Å². The Morgan fingerprint density at radius 3 is 2.67 bits per heavy atom. The van der Waals surface area contributed by atoms with E-state index in [2.05, 4.69) is 5.32 Å². The first-order valence-corrected chi connectivity index (χ1v) is 6.26. The van der Waals surface area contributed by atoms with Crippen LogP contribution in [0.3, 0.4) is 0 Å². The SMILES string of the molecule is CCCC(C)(N)C(=O)Nc1ccccc1C(C)O. The summed E-state index contributed by atoms with van der Waals surface area (Å²) in [5, 5.41) is 12.4. The van der Waals surface area contributed by atoms with E-state index < -0.39 is 11.6 Å². The van der Waals surface area contributed by atoms with Crippen molar-refractivity contribution in [3.8, 4) is 0 Å². The Morgan fingerprint density at radius 2 is 2.11 bits per heavy atom. The normalized spacial score (nSPS) is 15.8. The number of hydrogen-bond donors (Lipinski definition) is 3. The highest BCUT2D eigenvalue weighted by Crippen LogP contribution is 2.23. The van der Waals surface area contributed by atoms with Crippen LogP contribution in [0.4, 0.5) is 5.69 Å². The van der Waals surface area contributed by atoms with E-state index in [-0.39, 0.29) is 5.91 Å². The quantitative estimate of drug-likeness (QED) is 0.750. The minimum atomic E-state index is -0.888. The van der Waals surface area contributed by atoms with Gasteiger partial charge in [0, 0.05) is 11.3 Å². The molecule has 4 nitrogen and oxygen atoms in total. The summed E-state index contributed by atoms with van der Waals surface area (Å²) in [5.74, 6) is -0.225. The van der Waals surface area contributed by atoms with Gasteiger partial charge in [0.25, 0.3) is 0 Å². The van der Waals surface area contributed by atoms with Crippen molar-refractivity contribution in [1.82, 2.24) is 0 Å². The van der Waals surface area contributed by atoms with E-state index in [9.17, 15) is 9.90 Å². The van der Waals surface area contributed by atoms with E-state index in [0.29, 0.717) is 17.7 Å². The standard InChI is InChI=1S/C14H22N2O2/c1-4-9-14(3,15)13(18)16-12-8-6-5-7-11(12)10(2)17/h5-8,10,17H,4,9,15H2,1-3H3,(H,16,18). The highest BCUT2D eigenvalue weighted by atomic mass is 16.3. The fraction of sp³-hybridized carbons (Fsp3) is 0.500. The summed E-state index contributed by atoms with van der Waals surface area (Å²) in [6.45, 7) is 5.37. The predicted molar refractivity (Wildman–Crippen MR) is 73.2 cm³/mol. The number of nitrogens with two attached hydrogens (primary N) is 1. The van der Waals surface area contributed by atoms with Gasteiger partial charge >= 0.3 is 0 Å². The minimum absolute atomic E-state index is 0.225. The molecule has 0 aliphatic carbocycles. The molecular formula is C14H22N2O2. The van der Waals surface area contributed by atoms with Gasteiger partial charge in [0.05, 0.1) is 11.6 Å². The summed E-state index contributed by atoms with van der Waals surface area (Å²) >= 11 is 0. The van der Waals surface area contributed by atoms with E-state index in [1.54, 1.807) is 26.0 Å². The molecule has 1 rings (SSSR count). The van der Waals surface area contributed by atoms with Gasteiger partial charge in [-0.2, -0.15) is 0 Å². The van der Waals surface area contributed by atoms with Crippen molar-refractivity contribution in [1.29, 1.82) is 0 Å². The largest absolute Gasteiger partial charge is 0.389 e. The molecule has 1 amide bonds. The third-order valence-corrected chi connectivity index (χ3v) is 2.95. The molecule has 4 heteroatoms. The molecule has 0 bridgehead atoms. The number of benzene rings is 1. The number of hydrogen-bond acceptors (Lipinski definition) is 3. The zero-order valence-corrected chi connectivity index (χ0v) is 11.2. The molecule has 0 aliphatic heterocycles. The zero-order valence-electron chi connectivity index (χ0n) is 11.2. The Balaban J connectivity index is 2.88. The lowest BCUT2D eigenvalue weighted by atomic mass is 9.96. The first-order chi connectivity index (χ1) is 8.38. The van der Waals surface area contributed by atoms with Crippen LogP contribution in [0.2, 0.25) is 0 Å². The van der Waals surface area contributed by atoms with Gasteiger partial charge in [-0.15, -0.1) is 0 Å². The number of anilines is 1. The molecule has 18 heavy (non-hydrogen) atoms. The maximum Gasteiger partial charge on any atom is 0.244 e.